The highest BCUT2D eigenvalue weighted by Crippen LogP contribution is 2.54. The number of fused-ring (bicyclic) bond motifs is 2. The summed E-state index contributed by atoms with van der Waals surface area (Å²) in [5.74, 6) is 0.922. The van der Waals surface area contributed by atoms with E-state index in [0.717, 1.165) is 16.9 Å². The van der Waals surface area contributed by atoms with Crippen molar-refractivity contribution in [3.05, 3.63) is 71.8 Å². The summed E-state index contributed by atoms with van der Waals surface area (Å²) in [6.07, 6.45) is 6.23. The van der Waals surface area contributed by atoms with Gasteiger partial charge < -0.3 is 9.64 Å². The predicted molar refractivity (Wildman–Crippen MR) is 96.8 cm³/mol. The highest BCUT2D eigenvalue weighted by molar-refractivity contribution is 5.73. The van der Waals surface area contributed by atoms with E-state index < -0.39 is 5.72 Å². The van der Waals surface area contributed by atoms with Gasteiger partial charge in [-0.05, 0) is 55.3 Å². The number of nitrogens with zero attached hydrogens (tertiary/aromatic N) is 1. The van der Waals surface area contributed by atoms with Crippen LogP contribution >= 0.6 is 0 Å². The molecule has 0 radical (unpaired) electrons. The zero-order chi connectivity index (χ0) is 16.2. The maximum Gasteiger partial charge on any atom is 0.211 e. The molecular formula is C21H21NO. The minimum absolute atomic E-state index is 0.149. The lowest BCUT2D eigenvalue weighted by Gasteiger charge is -2.45. The summed E-state index contributed by atoms with van der Waals surface area (Å²) in [5.41, 5.74) is 4.11. The second kappa shape index (κ2) is 4.51. The van der Waals surface area contributed by atoms with Crippen LogP contribution in [-0.2, 0) is 5.41 Å². The molecule has 0 N–H and O–H groups in total. The summed E-state index contributed by atoms with van der Waals surface area (Å²) in [5, 5.41) is 0. The maximum absolute atomic E-state index is 6.59. The Balaban J connectivity index is 1.87. The minimum atomic E-state index is -0.501. The van der Waals surface area contributed by atoms with E-state index in [-0.39, 0.29) is 5.41 Å². The third kappa shape index (κ3) is 1.69. The van der Waals surface area contributed by atoms with Crippen molar-refractivity contribution in [3.63, 3.8) is 0 Å². The van der Waals surface area contributed by atoms with E-state index in [0.29, 0.717) is 0 Å². The summed E-state index contributed by atoms with van der Waals surface area (Å²) in [6.45, 7) is 8.35. The SMILES string of the molecule is C=Cc1ccc2c(c1)C=CC1(O2)N(C)c2ccccc2C1(C)C. The third-order valence-corrected chi connectivity index (χ3v) is 5.36. The van der Waals surface area contributed by atoms with E-state index in [4.69, 9.17) is 4.74 Å². The van der Waals surface area contributed by atoms with Crippen LogP contribution in [0.25, 0.3) is 12.2 Å². The van der Waals surface area contributed by atoms with Crippen molar-refractivity contribution in [2.24, 2.45) is 0 Å². The topological polar surface area (TPSA) is 12.5 Å². The lowest BCUT2D eigenvalue weighted by molar-refractivity contribution is 0.0582. The fraction of sp³-hybridized carbons (Fsp3) is 0.238. The second-order valence-electron chi connectivity index (χ2n) is 6.83. The number of rotatable bonds is 1. The molecule has 0 saturated carbocycles. The number of anilines is 1. The summed E-state index contributed by atoms with van der Waals surface area (Å²) in [6, 6.07) is 14.8. The first-order valence-electron chi connectivity index (χ1n) is 7.98. The molecule has 116 valence electrons. The van der Waals surface area contributed by atoms with E-state index in [1.54, 1.807) is 0 Å². The molecule has 0 amide bonds. The van der Waals surface area contributed by atoms with E-state index in [2.05, 4.69) is 74.9 Å². The van der Waals surface area contributed by atoms with E-state index in [1.165, 1.54) is 11.3 Å². The van der Waals surface area contributed by atoms with Crippen LogP contribution in [-0.4, -0.2) is 12.8 Å². The molecule has 1 spiro atoms. The molecule has 2 nitrogen and oxygen atoms in total. The molecule has 4 rings (SSSR count). The number of hydrogen-bond acceptors (Lipinski definition) is 2. The van der Waals surface area contributed by atoms with Crippen molar-refractivity contribution in [3.8, 4) is 5.75 Å². The van der Waals surface area contributed by atoms with Crippen molar-refractivity contribution in [1.82, 2.24) is 0 Å². The smallest absolute Gasteiger partial charge is 0.211 e. The van der Waals surface area contributed by atoms with Crippen molar-refractivity contribution in [2.45, 2.75) is 25.0 Å². The first kappa shape index (κ1) is 14.1. The van der Waals surface area contributed by atoms with E-state index in [1.807, 2.05) is 18.2 Å². The monoisotopic (exact) mass is 303 g/mol. The molecule has 1 unspecified atom stereocenters. The highest BCUT2D eigenvalue weighted by atomic mass is 16.5. The van der Waals surface area contributed by atoms with Crippen LogP contribution < -0.4 is 9.64 Å². The Hall–Kier alpha value is -2.48. The summed E-state index contributed by atoms with van der Waals surface area (Å²) in [7, 11) is 2.11. The number of hydrogen-bond donors (Lipinski definition) is 0. The quantitative estimate of drug-likeness (QED) is 0.746. The Kier molecular flexibility index (Phi) is 2.77. The fourth-order valence-corrected chi connectivity index (χ4v) is 3.92. The fourth-order valence-electron chi connectivity index (χ4n) is 3.92. The average Bonchev–Trinajstić information content (AvgIpc) is 2.74. The molecule has 2 heteroatoms. The van der Waals surface area contributed by atoms with Crippen molar-refractivity contribution in [2.75, 3.05) is 11.9 Å². The van der Waals surface area contributed by atoms with Crippen LogP contribution in [0.1, 0.15) is 30.5 Å². The number of ether oxygens (including phenoxy) is 1. The first-order valence-corrected chi connectivity index (χ1v) is 7.98. The molecule has 2 aliphatic heterocycles. The zero-order valence-electron chi connectivity index (χ0n) is 13.8. The molecule has 0 bridgehead atoms. The van der Waals surface area contributed by atoms with E-state index in [9.17, 15) is 0 Å². The largest absolute Gasteiger partial charge is 0.463 e. The van der Waals surface area contributed by atoms with Crippen molar-refractivity contribution in [1.29, 1.82) is 0 Å². The van der Waals surface area contributed by atoms with E-state index >= 15 is 0 Å². The van der Waals surface area contributed by atoms with Crippen LogP contribution in [0.2, 0.25) is 0 Å². The number of likely N-dealkylation sites (N-methyl/N-ethyl adjacent to an activating group) is 1. The Morgan fingerprint density at radius 3 is 2.65 bits per heavy atom. The molecule has 0 saturated heterocycles. The maximum atomic E-state index is 6.59. The van der Waals surface area contributed by atoms with Gasteiger partial charge in [-0.25, -0.2) is 0 Å². The van der Waals surface area contributed by atoms with Crippen LogP contribution in [0.15, 0.2) is 55.1 Å². The van der Waals surface area contributed by atoms with Crippen LogP contribution in [0.5, 0.6) is 5.75 Å². The van der Waals surface area contributed by atoms with Gasteiger partial charge in [0.05, 0.1) is 5.41 Å². The number of para-hydroxylation sites is 1. The molecule has 0 aliphatic carbocycles. The molecular weight excluding hydrogens is 282 g/mol. The zero-order valence-corrected chi connectivity index (χ0v) is 13.8. The minimum Gasteiger partial charge on any atom is -0.463 e. The van der Waals surface area contributed by atoms with Gasteiger partial charge in [0.25, 0.3) is 0 Å². The summed E-state index contributed by atoms with van der Waals surface area (Å²) in [4.78, 5) is 2.25. The van der Waals surface area contributed by atoms with Crippen molar-refractivity contribution < 1.29 is 4.74 Å². The molecule has 23 heavy (non-hydrogen) atoms. The van der Waals surface area contributed by atoms with Gasteiger partial charge in [0, 0.05) is 18.3 Å². The highest BCUT2D eigenvalue weighted by Gasteiger charge is 2.57. The Morgan fingerprint density at radius 1 is 1.13 bits per heavy atom. The Morgan fingerprint density at radius 2 is 1.91 bits per heavy atom. The Labute approximate surface area is 137 Å². The van der Waals surface area contributed by atoms with Crippen molar-refractivity contribution >= 4 is 17.8 Å². The lowest BCUT2D eigenvalue weighted by atomic mass is 9.76. The lowest BCUT2D eigenvalue weighted by Crippen LogP contribution is -2.58. The van der Waals surface area contributed by atoms with Gasteiger partial charge in [-0.2, -0.15) is 0 Å². The summed E-state index contributed by atoms with van der Waals surface area (Å²) >= 11 is 0. The molecule has 2 aromatic carbocycles. The van der Waals surface area contributed by atoms with Gasteiger partial charge in [-0.1, -0.05) is 36.9 Å². The predicted octanol–water partition coefficient (Wildman–Crippen LogP) is 4.86. The normalized spacial score (nSPS) is 23.3. The molecule has 0 fully saturated rings. The second-order valence-corrected chi connectivity index (χ2v) is 6.83. The first-order chi connectivity index (χ1) is 11.0. The van der Waals surface area contributed by atoms with Crippen LogP contribution in [0.3, 0.4) is 0 Å². The Bertz CT molecular complexity index is 833. The standard InChI is InChI=1S/C21H21NO/c1-5-15-10-11-19-16(14-15)12-13-21(23-19)20(2,3)17-8-6-7-9-18(17)22(21)4/h5-14H,1H2,2-4H3. The van der Waals surface area contributed by atoms with Gasteiger partial charge in [-0.3, -0.25) is 0 Å². The molecule has 2 heterocycles. The van der Waals surface area contributed by atoms with Crippen LogP contribution in [0.4, 0.5) is 5.69 Å². The summed E-state index contributed by atoms with van der Waals surface area (Å²) < 4.78 is 6.59. The molecule has 2 aliphatic rings. The van der Waals surface area contributed by atoms with Gasteiger partial charge in [0.1, 0.15) is 5.75 Å². The molecule has 2 aromatic rings. The van der Waals surface area contributed by atoms with Gasteiger partial charge in [0.15, 0.2) is 0 Å². The van der Waals surface area contributed by atoms with Gasteiger partial charge in [0.2, 0.25) is 5.72 Å². The molecule has 1 atom stereocenters. The van der Waals surface area contributed by atoms with Gasteiger partial charge in [-0.15, -0.1) is 0 Å². The van der Waals surface area contributed by atoms with Crippen LogP contribution in [0, 0.1) is 0 Å². The average molecular weight is 303 g/mol. The third-order valence-electron chi connectivity index (χ3n) is 5.36. The van der Waals surface area contributed by atoms with Gasteiger partial charge >= 0.3 is 0 Å². The molecule has 0 aromatic heterocycles. The number of benzene rings is 2.